The van der Waals surface area contributed by atoms with Gasteiger partial charge in [0.15, 0.2) is 0 Å². The summed E-state index contributed by atoms with van der Waals surface area (Å²) in [4.78, 5) is 4.16. The molecule has 1 atom stereocenters. The van der Waals surface area contributed by atoms with E-state index in [9.17, 15) is 0 Å². The Hall–Kier alpha value is -0.870. The normalized spacial score (nSPS) is 19.1. The standard InChI is InChI=1S/C16H20N2S2/c1-14(12-18-8-7-17-13-18)16(19-9-10-20-16)11-15-5-3-2-4-6-15/h2-8,13-14H,9-12H2,1H3. The van der Waals surface area contributed by atoms with Crippen LogP contribution in [0.1, 0.15) is 12.5 Å². The summed E-state index contributed by atoms with van der Waals surface area (Å²) in [6.45, 7) is 3.43. The molecule has 1 fully saturated rings. The maximum absolute atomic E-state index is 4.16. The SMILES string of the molecule is CC(Cn1ccnc1)C1(Cc2ccccc2)SCCS1. The van der Waals surface area contributed by atoms with Crippen molar-refractivity contribution in [1.29, 1.82) is 0 Å². The molecule has 1 aliphatic rings. The number of aromatic nitrogens is 2. The van der Waals surface area contributed by atoms with E-state index in [4.69, 9.17) is 0 Å². The first-order valence-electron chi connectivity index (χ1n) is 7.06. The van der Waals surface area contributed by atoms with E-state index in [1.165, 1.54) is 17.1 Å². The lowest BCUT2D eigenvalue weighted by atomic mass is 9.99. The molecule has 1 aromatic carbocycles. The molecule has 106 valence electrons. The van der Waals surface area contributed by atoms with Crippen LogP contribution in [0.25, 0.3) is 0 Å². The maximum Gasteiger partial charge on any atom is 0.0946 e. The highest BCUT2D eigenvalue weighted by Crippen LogP contribution is 2.51. The van der Waals surface area contributed by atoms with Crippen molar-refractivity contribution in [2.24, 2.45) is 5.92 Å². The van der Waals surface area contributed by atoms with Crippen molar-refractivity contribution in [2.75, 3.05) is 11.5 Å². The highest BCUT2D eigenvalue weighted by molar-refractivity contribution is 8.21. The van der Waals surface area contributed by atoms with Gasteiger partial charge in [0.25, 0.3) is 0 Å². The molecule has 20 heavy (non-hydrogen) atoms. The number of nitrogens with zero attached hydrogens (tertiary/aromatic N) is 2. The summed E-state index contributed by atoms with van der Waals surface area (Å²) in [6, 6.07) is 10.9. The van der Waals surface area contributed by atoms with Crippen molar-refractivity contribution >= 4 is 23.5 Å². The molecule has 1 aliphatic heterocycles. The molecule has 2 heterocycles. The van der Waals surface area contributed by atoms with Crippen LogP contribution in [-0.4, -0.2) is 25.1 Å². The monoisotopic (exact) mass is 304 g/mol. The number of rotatable bonds is 5. The molecule has 1 saturated heterocycles. The Balaban J connectivity index is 1.77. The summed E-state index contributed by atoms with van der Waals surface area (Å²) in [5.41, 5.74) is 1.45. The van der Waals surface area contributed by atoms with Gasteiger partial charge in [-0.15, -0.1) is 23.5 Å². The Morgan fingerprint density at radius 2 is 2.00 bits per heavy atom. The van der Waals surface area contributed by atoms with Gasteiger partial charge >= 0.3 is 0 Å². The predicted molar refractivity (Wildman–Crippen MR) is 89.2 cm³/mol. The van der Waals surface area contributed by atoms with E-state index in [0.717, 1.165) is 13.0 Å². The van der Waals surface area contributed by atoms with E-state index in [2.05, 4.69) is 76.5 Å². The van der Waals surface area contributed by atoms with Crippen LogP contribution in [0.5, 0.6) is 0 Å². The smallest absolute Gasteiger partial charge is 0.0946 e. The molecular formula is C16H20N2S2. The minimum atomic E-state index is 0.311. The average Bonchev–Trinajstić information content (AvgIpc) is 3.12. The number of benzene rings is 1. The van der Waals surface area contributed by atoms with Crippen molar-refractivity contribution in [3.05, 3.63) is 54.6 Å². The van der Waals surface area contributed by atoms with Crippen molar-refractivity contribution in [1.82, 2.24) is 9.55 Å². The topological polar surface area (TPSA) is 17.8 Å². The molecule has 0 spiro atoms. The van der Waals surface area contributed by atoms with Gasteiger partial charge in [0.05, 0.1) is 10.4 Å². The number of hydrogen-bond acceptors (Lipinski definition) is 3. The second-order valence-corrected chi connectivity index (χ2v) is 8.44. The average molecular weight is 304 g/mol. The number of imidazole rings is 1. The number of thioether (sulfide) groups is 2. The second kappa shape index (κ2) is 6.27. The van der Waals surface area contributed by atoms with Crippen LogP contribution in [-0.2, 0) is 13.0 Å². The minimum Gasteiger partial charge on any atom is -0.337 e. The summed E-state index contributed by atoms with van der Waals surface area (Å²) in [5, 5.41) is 0. The van der Waals surface area contributed by atoms with Crippen molar-refractivity contribution < 1.29 is 0 Å². The van der Waals surface area contributed by atoms with Gasteiger partial charge in [-0.3, -0.25) is 0 Å². The summed E-state index contributed by atoms with van der Waals surface area (Å²) in [7, 11) is 0. The first kappa shape index (κ1) is 14.1. The van der Waals surface area contributed by atoms with Crippen molar-refractivity contribution in [3.63, 3.8) is 0 Å². The van der Waals surface area contributed by atoms with Gasteiger partial charge in [-0.2, -0.15) is 0 Å². The van der Waals surface area contributed by atoms with E-state index in [-0.39, 0.29) is 0 Å². The van der Waals surface area contributed by atoms with Crippen LogP contribution in [0.15, 0.2) is 49.1 Å². The molecule has 0 bridgehead atoms. The van der Waals surface area contributed by atoms with Gasteiger partial charge in [-0.05, 0) is 17.9 Å². The Labute approximate surface area is 129 Å². The first-order valence-corrected chi connectivity index (χ1v) is 9.03. The fourth-order valence-corrected chi connectivity index (χ4v) is 6.21. The molecule has 0 amide bonds. The Bertz CT molecular complexity index is 519. The Morgan fingerprint density at radius 3 is 2.65 bits per heavy atom. The van der Waals surface area contributed by atoms with Gasteiger partial charge in [-0.1, -0.05) is 37.3 Å². The third kappa shape index (κ3) is 3.07. The zero-order valence-corrected chi connectivity index (χ0v) is 13.4. The third-order valence-corrected chi connectivity index (χ3v) is 7.72. The molecule has 2 aromatic rings. The predicted octanol–water partition coefficient (Wildman–Crippen LogP) is 3.94. The van der Waals surface area contributed by atoms with Gasteiger partial charge in [0, 0.05) is 30.4 Å². The lowest BCUT2D eigenvalue weighted by Crippen LogP contribution is -2.32. The summed E-state index contributed by atoms with van der Waals surface area (Å²) in [5.74, 6) is 3.16. The van der Waals surface area contributed by atoms with E-state index in [1.807, 2.05) is 12.5 Å². The highest BCUT2D eigenvalue weighted by Gasteiger charge is 2.40. The molecule has 0 aliphatic carbocycles. The van der Waals surface area contributed by atoms with Crippen LogP contribution in [0.3, 0.4) is 0 Å². The molecule has 4 heteroatoms. The Kier molecular flexibility index (Phi) is 4.41. The largest absolute Gasteiger partial charge is 0.337 e. The van der Waals surface area contributed by atoms with Crippen molar-refractivity contribution in [3.8, 4) is 0 Å². The van der Waals surface area contributed by atoms with Crippen LogP contribution in [0.4, 0.5) is 0 Å². The zero-order valence-electron chi connectivity index (χ0n) is 11.7. The van der Waals surface area contributed by atoms with Gasteiger partial charge in [-0.25, -0.2) is 4.98 Å². The molecule has 0 N–H and O–H groups in total. The lowest BCUT2D eigenvalue weighted by molar-refractivity contribution is 0.440. The Morgan fingerprint density at radius 1 is 1.25 bits per heavy atom. The maximum atomic E-state index is 4.16. The highest BCUT2D eigenvalue weighted by atomic mass is 32.2. The van der Waals surface area contributed by atoms with E-state index in [0.29, 0.717) is 10.00 Å². The second-order valence-electron chi connectivity index (χ2n) is 5.33. The van der Waals surface area contributed by atoms with Crippen LogP contribution >= 0.6 is 23.5 Å². The van der Waals surface area contributed by atoms with E-state index < -0.39 is 0 Å². The fraction of sp³-hybridized carbons (Fsp3) is 0.438. The van der Waals surface area contributed by atoms with Gasteiger partial charge in [0.2, 0.25) is 0 Å². The lowest BCUT2D eigenvalue weighted by Gasteiger charge is -2.34. The van der Waals surface area contributed by atoms with Crippen LogP contribution in [0, 0.1) is 5.92 Å². The molecule has 1 unspecified atom stereocenters. The molecule has 3 rings (SSSR count). The quantitative estimate of drug-likeness (QED) is 0.833. The molecular weight excluding hydrogens is 284 g/mol. The summed E-state index contributed by atoms with van der Waals surface area (Å²) < 4.78 is 2.52. The molecule has 0 saturated carbocycles. The van der Waals surface area contributed by atoms with Crippen LogP contribution < -0.4 is 0 Å². The van der Waals surface area contributed by atoms with Gasteiger partial charge in [0.1, 0.15) is 0 Å². The molecule has 0 radical (unpaired) electrons. The van der Waals surface area contributed by atoms with Crippen LogP contribution in [0.2, 0.25) is 0 Å². The minimum absolute atomic E-state index is 0.311. The van der Waals surface area contributed by atoms with Gasteiger partial charge < -0.3 is 4.57 Å². The van der Waals surface area contributed by atoms with E-state index >= 15 is 0 Å². The zero-order chi connectivity index (χ0) is 13.8. The van der Waals surface area contributed by atoms with E-state index in [1.54, 1.807) is 0 Å². The fourth-order valence-electron chi connectivity index (χ4n) is 2.76. The summed E-state index contributed by atoms with van der Waals surface area (Å²) >= 11 is 4.29. The van der Waals surface area contributed by atoms with Crippen molar-refractivity contribution in [2.45, 2.75) is 24.0 Å². The first-order chi connectivity index (χ1) is 9.78. The number of hydrogen-bond donors (Lipinski definition) is 0. The third-order valence-electron chi connectivity index (χ3n) is 3.86. The summed E-state index contributed by atoms with van der Waals surface area (Å²) in [6.07, 6.45) is 7.01. The molecule has 2 nitrogen and oxygen atoms in total. The molecule has 1 aromatic heterocycles.